The molecule has 0 aliphatic heterocycles. The summed E-state index contributed by atoms with van der Waals surface area (Å²) in [5.74, 6) is 1.74. The van der Waals surface area contributed by atoms with Gasteiger partial charge in [0.2, 0.25) is 5.91 Å². The predicted molar refractivity (Wildman–Crippen MR) is 101 cm³/mol. The van der Waals surface area contributed by atoms with E-state index in [1.54, 1.807) is 11.8 Å². The average Bonchev–Trinajstić information content (AvgIpc) is 2.58. The maximum absolute atomic E-state index is 12.2. The van der Waals surface area contributed by atoms with E-state index in [9.17, 15) is 4.79 Å². The largest absolute Gasteiger partial charge is 0.491 e. The van der Waals surface area contributed by atoms with Gasteiger partial charge in [-0.2, -0.15) is 0 Å². The monoisotopic (exact) mass is 343 g/mol. The highest BCUT2D eigenvalue weighted by Gasteiger charge is 2.13. The van der Waals surface area contributed by atoms with Crippen molar-refractivity contribution in [1.82, 2.24) is 5.32 Å². The quantitative estimate of drug-likeness (QED) is 0.771. The van der Waals surface area contributed by atoms with Gasteiger partial charge in [-0.1, -0.05) is 42.5 Å². The number of ether oxygens (including phenoxy) is 1. The Morgan fingerprint density at radius 2 is 1.75 bits per heavy atom. The molecule has 1 amide bonds. The van der Waals surface area contributed by atoms with Crippen LogP contribution in [0.3, 0.4) is 0 Å². The summed E-state index contributed by atoms with van der Waals surface area (Å²) < 4.78 is 5.68. The minimum Gasteiger partial charge on any atom is -0.491 e. The first-order valence-electron chi connectivity index (χ1n) is 8.23. The predicted octanol–water partition coefficient (Wildman–Crippen LogP) is 4.41. The van der Waals surface area contributed by atoms with Gasteiger partial charge < -0.3 is 10.1 Å². The lowest BCUT2D eigenvalue weighted by Crippen LogP contribution is -2.30. The number of thioether (sulfide) groups is 1. The molecular formula is C20H25NO2S. The van der Waals surface area contributed by atoms with E-state index in [-0.39, 0.29) is 17.3 Å². The number of carbonyl (C=O) groups is 1. The van der Waals surface area contributed by atoms with E-state index in [4.69, 9.17) is 4.74 Å². The normalized spacial score (nSPS) is 12.0. The lowest BCUT2D eigenvalue weighted by Gasteiger charge is -2.13. The smallest absolute Gasteiger partial charge is 0.233 e. The molecule has 1 atom stereocenters. The van der Waals surface area contributed by atoms with Crippen LogP contribution in [-0.4, -0.2) is 17.3 Å². The van der Waals surface area contributed by atoms with E-state index in [1.165, 1.54) is 5.56 Å². The summed E-state index contributed by atoms with van der Waals surface area (Å²) in [5, 5.41) is 2.92. The zero-order chi connectivity index (χ0) is 17.4. The van der Waals surface area contributed by atoms with Gasteiger partial charge in [0.05, 0.1) is 11.4 Å². The van der Waals surface area contributed by atoms with Gasteiger partial charge in [0.1, 0.15) is 5.75 Å². The highest BCUT2D eigenvalue weighted by molar-refractivity contribution is 7.99. The van der Waals surface area contributed by atoms with Crippen LogP contribution in [0.15, 0.2) is 54.6 Å². The van der Waals surface area contributed by atoms with Crippen LogP contribution in [-0.2, 0) is 17.1 Å². The number of nitrogens with one attached hydrogen (secondary N) is 1. The molecule has 0 saturated heterocycles. The van der Waals surface area contributed by atoms with E-state index in [0.717, 1.165) is 17.1 Å². The number of benzene rings is 2. The molecule has 1 N–H and O–H groups in total. The molecular weight excluding hydrogens is 318 g/mol. The van der Waals surface area contributed by atoms with Crippen molar-refractivity contribution in [2.24, 2.45) is 0 Å². The van der Waals surface area contributed by atoms with Gasteiger partial charge in [0.15, 0.2) is 0 Å². The highest BCUT2D eigenvalue weighted by atomic mass is 32.2. The molecule has 0 heterocycles. The Morgan fingerprint density at radius 1 is 1.04 bits per heavy atom. The van der Waals surface area contributed by atoms with Crippen molar-refractivity contribution in [3.05, 3.63) is 65.7 Å². The number of rotatable bonds is 8. The maximum Gasteiger partial charge on any atom is 0.233 e. The van der Waals surface area contributed by atoms with Crippen LogP contribution in [0.4, 0.5) is 0 Å². The number of carbonyl (C=O) groups excluding carboxylic acids is 1. The van der Waals surface area contributed by atoms with E-state index in [1.807, 2.05) is 63.2 Å². The Hall–Kier alpha value is -1.94. The van der Waals surface area contributed by atoms with Crippen LogP contribution in [0.25, 0.3) is 0 Å². The van der Waals surface area contributed by atoms with Crippen LogP contribution < -0.4 is 10.1 Å². The van der Waals surface area contributed by atoms with Crippen molar-refractivity contribution in [2.75, 3.05) is 0 Å². The van der Waals surface area contributed by atoms with Gasteiger partial charge in [-0.3, -0.25) is 4.79 Å². The summed E-state index contributed by atoms with van der Waals surface area (Å²) in [6.45, 7) is 6.46. The summed E-state index contributed by atoms with van der Waals surface area (Å²) in [7, 11) is 0. The second-order valence-corrected chi connectivity index (χ2v) is 7.30. The van der Waals surface area contributed by atoms with Crippen molar-refractivity contribution in [1.29, 1.82) is 0 Å². The topological polar surface area (TPSA) is 38.3 Å². The minimum atomic E-state index is -0.0831. The first-order valence-corrected chi connectivity index (χ1v) is 9.28. The fourth-order valence-corrected chi connectivity index (χ4v) is 3.07. The van der Waals surface area contributed by atoms with Crippen LogP contribution in [0.5, 0.6) is 5.75 Å². The molecule has 128 valence electrons. The zero-order valence-corrected chi connectivity index (χ0v) is 15.3. The molecule has 0 unspecified atom stereocenters. The van der Waals surface area contributed by atoms with E-state index in [2.05, 4.69) is 17.4 Å². The molecule has 0 bridgehead atoms. The minimum absolute atomic E-state index is 0.0612. The summed E-state index contributed by atoms with van der Waals surface area (Å²) in [6.07, 6.45) is 0.143. The lowest BCUT2D eigenvalue weighted by molar-refractivity contribution is -0.120. The Balaban J connectivity index is 1.79. The summed E-state index contributed by atoms with van der Waals surface area (Å²) in [6, 6.07) is 18.1. The molecule has 3 nitrogen and oxygen atoms in total. The van der Waals surface area contributed by atoms with E-state index < -0.39 is 0 Å². The van der Waals surface area contributed by atoms with Crippen molar-refractivity contribution in [2.45, 2.75) is 44.4 Å². The second kappa shape index (κ2) is 9.38. The number of amides is 1. The summed E-state index contributed by atoms with van der Waals surface area (Å²) >= 11 is 1.65. The Bertz CT molecular complexity index is 643. The van der Waals surface area contributed by atoms with Crippen LogP contribution >= 0.6 is 11.8 Å². The van der Waals surface area contributed by atoms with E-state index >= 15 is 0 Å². The summed E-state index contributed by atoms with van der Waals surface area (Å²) in [4.78, 5) is 12.2. The van der Waals surface area contributed by atoms with Crippen LogP contribution in [0, 0.1) is 0 Å². The fourth-order valence-electron chi connectivity index (χ4n) is 2.20. The van der Waals surface area contributed by atoms with Crippen molar-refractivity contribution in [3.63, 3.8) is 0 Å². The first-order chi connectivity index (χ1) is 11.5. The van der Waals surface area contributed by atoms with Crippen molar-refractivity contribution >= 4 is 17.7 Å². The van der Waals surface area contributed by atoms with Gasteiger partial charge in [0.25, 0.3) is 0 Å². The molecule has 0 saturated carbocycles. The third kappa shape index (κ3) is 6.28. The first kappa shape index (κ1) is 18.4. The van der Waals surface area contributed by atoms with Crippen molar-refractivity contribution < 1.29 is 9.53 Å². The van der Waals surface area contributed by atoms with Gasteiger partial charge in [-0.05, 0) is 44.0 Å². The molecule has 24 heavy (non-hydrogen) atoms. The number of hydrogen-bond acceptors (Lipinski definition) is 3. The average molecular weight is 343 g/mol. The van der Waals surface area contributed by atoms with Gasteiger partial charge >= 0.3 is 0 Å². The molecule has 2 rings (SSSR count). The zero-order valence-electron chi connectivity index (χ0n) is 14.5. The molecule has 2 aromatic carbocycles. The van der Waals surface area contributed by atoms with Crippen LogP contribution in [0.1, 0.15) is 31.9 Å². The molecule has 0 fully saturated rings. The molecule has 0 aliphatic carbocycles. The Labute approximate surface area is 148 Å². The fraction of sp³-hybridized carbons (Fsp3) is 0.350. The standard InChI is InChI=1S/C20H25NO2S/c1-15(2)23-19-11-7-10-18(12-19)13-21-20(22)16(3)24-14-17-8-5-4-6-9-17/h4-12,15-16H,13-14H2,1-3H3,(H,21,22)/t16-/m1/s1. The maximum atomic E-state index is 12.2. The third-order valence-corrected chi connectivity index (χ3v) is 4.66. The molecule has 0 radical (unpaired) electrons. The lowest BCUT2D eigenvalue weighted by atomic mass is 10.2. The molecule has 0 spiro atoms. The second-order valence-electron chi connectivity index (χ2n) is 5.97. The van der Waals surface area contributed by atoms with E-state index in [0.29, 0.717) is 6.54 Å². The van der Waals surface area contributed by atoms with Crippen molar-refractivity contribution in [3.8, 4) is 5.75 Å². The molecule has 4 heteroatoms. The molecule has 2 aromatic rings. The van der Waals surface area contributed by atoms with Gasteiger partial charge in [0, 0.05) is 12.3 Å². The van der Waals surface area contributed by atoms with Gasteiger partial charge in [-0.15, -0.1) is 11.8 Å². The molecule has 0 aromatic heterocycles. The summed E-state index contributed by atoms with van der Waals surface area (Å²) in [5.41, 5.74) is 2.28. The SMILES string of the molecule is CC(C)Oc1cccc(CNC(=O)[C@@H](C)SCc2ccccc2)c1. The molecule has 0 aliphatic rings. The third-order valence-electron chi connectivity index (χ3n) is 3.45. The van der Waals surface area contributed by atoms with Gasteiger partial charge in [-0.25, -0.2) is 0 Å². The Morgan fingerprint density at radius 3 is 2.46 bits per heavy atom. The highest BCUT2D eigenvalue weighted by Crippen LogP contribution is 2.18. The number of hydrogen-bond donors (Lipinski definition) is 1. The Kier molecular flexibility index (Phi) is 7.19. The van der Waals surface area contributed by atoms with Crippen LogP contribution in [0.2, 0.25) is 0 Å².